The van der Waals surface area contributed by atoms with Crippen LogP contribution in [0.3, 0.4) is 0 Å². The normalized spacial score (nSPS) is 16.9. The van der Waals surface area contributed by atoms with Gasteiger partial charge in [-0.3, -0.25) is 9.78 Å². The molecule has 134 valence electrons. The van der Waals surface area contributed by atoms with Crippen LogP contribution in [0.15, 0.2) is 35.4 Å². The smallest absolute Gasteiger partial charge is 0.309 e. The predicted octanol–water partition coefficient (Wildman–Crippen LogP) is 2.51. The summed E-state index contributed by atoms with van der Waals surface area (Å²) >= 11 is 0. The number of sulfonamides is 1. The standard InChI is InChI=1S/C18H22N2O4S/c1-3-24-18(21)14-7-9-20(10-8-14)25(22,23)16-6-4-5-15-11-13(2)12-19-17(15)16/h4-6,11-12,14H,3,7-10H2,1-2H3. The van der Waals surface area contributed by atoms with Gasteiger partial charge in [-0.05, 0) is 44.4 Å². The van der Waals surface area contributed by atoms with E-state index in [0.29, 0.717) is 38.1 Å². The number of rotatable bonds is 4. The molecule has 2 aromatic rings. The summed E-state index contributed by atoms with van der Waals surface area (Å²) < 4.78 is 32.6. The van der Waals surface area contributed by atoms with Crippen LogP contribution in [-0.4, -0.2) is 43.4 Å². The summed E-state index contributed by atoms with van der Waals surface area (Å²) in [6.07, 6.45) is 2.64. The third kappa shape index (κ3) is 3.52. The molecule has 0 amide bonds. The molecule has 1 aliphatic rings. The Morgan fingerprint density at radius 3 is 2.72 bits per heavy atom. The monoisotopic (exact) mass is 362 g/mol. The molecule has 0 radical (unpaired) electrons. The highest BCUT2D eigenvalue weighted by atomic mass is 32.2. The molecular formula is C18H22N2O4S. The number of nitrogens with zero attached hydrogens (tertiary/aromatic N) is 2. The van der Waals surface area contributed by atoms with Gasteiger partial charge in [0.25, 0.3) is 0 Å². The van der Waals surface area contributed by atoms with Gasteiger partial charge in [0.05, 0.1) is 18.0 Å². The molecule has 2 heterocycles. The summed E-state index contributed by atoms with van der Waals surface area (Å²) in [5, 5.41) is 0.808. The second-order valence-corrected chi connectivity index (χ2v) is 8.18. The van der Waals surface area contributed by atoms with Crippen molar-refractivity contribution in [2.24, 2.45) is 5.92 Å². The van der Waals surface area contributed by atoms with Crippen LogP contribution in [0.5, 0.6) is 0 Å². The van der Waals surface area contributed by atoms with Gasteiger partial charge in [0.15, 0.2) is 0 Å². The van der Waals surface area contributed by atoms with Crippen LogP contribution in [0, 0.1) is 12.8 Å². The molecular weight excluding hydrogens is 340 g/mol. The number of hydrogen-bond donors (Lipinski definition) is 0. The lowest BCUT2D eigenvalue weighted by atomic mass is 9.98. The molecule has 1 aromatic carbocycles. The van der Waals surface area contributed by atoms with E-state index in [-0.39, 0.29) is 16.8 Å². The lowest BCUT2D eigenvalue weighted by Gasteiger charge is -2.30. The SMILES string of the molecule is CCOC(=O)C1CCN(S(=O)(=O)c2cccc3cc(C)cnc23)CC1. The molecule has 1 saturated heterocycles. The van der Waals surface area contributed by atoms with Crippen LogP contribution < -0.4 is 0 Å². The molecule has 6 nitrogen and oxygen atoms in total. The lowest BCUT2D eigenvalue weighted by molar-refractivity contribution is -0.149. The molecule has 0 spiro atoms. The first-order valence-corrected chi connectivity index (χ1v) is 9.89. The van der Waals surface area contributed by atoms with Gasteiger partial charge in [0, 0.05) is 24.7 Å². The van der Waals surface area contributed by atoms with Crippen molar-refractivity contribution in [1.29, 1.82) is 0 Å². The van der Waals surface area contributed by atoms with E-state index >= 15 is 0 Å². The Morgan fingerprint density at radius 1 is 1.32 bits per heavy atom. The number of aromatic nitrogens is 1. The second-order valence-electron chi connectivity index (χ2n) is 6.27. The zero-order valence-electron chi connectivity index (χ0n) is 14.4. The number of carbonyl (C=O) groups is 1. The van der Waals surface area contributed by atoms with E-state index in [1.165, 1.54) is 4.31 Å². The maximum absolute atomic E-state index is 13.1. The molecule has 0 aliphatic carbocycles. The van der Waals surface area contributed by atoms with Crippen LogP contribution in [0.4, 0.5) is 0 Å². The fraction of sp³-hybridized carbons (Fsp3) is 0.444. The maximum Gasteiger partial charge on any atom is 0.309 e. The van der Waals surface area contributed by atoms with Crippen LogP contribution in [-0.2, 0) is 19.6 Å². The summed E-state index contributed by atoms with van der Waals surface area (Å²) in [5.74, 6) is -0.457. The molecule has 0 saturated carbocycles. The van der Waals surface area contributed by atoms with Gasteiger partial charge >= 0.3 is 5.97 Å². The van der Waals surface area contributed by atoms with Crippen molar-refractivity contribution < 1.29 is 17.9 Å². The van der Waals surface area contributed by atoms with Crippen molar-refractivity contribution in [3.8, 4) is 0 Å². The van der Waals surface area contributed by atoms with E-state index in [2.05, 4.69) is 4.98 Å². The van der Waals surface area contributed by atoms with Crippen molar-refractivity contribution in [2.75, 3.05) is 19.7 Å². The largest absolute Gasteiger partial charge is 0.466 e. The molecule has 3 rings (SSSR count). The quantitative estimate of drug-likeness (QED) is 0.781. The zero-order valence-corrected chi connectivity index (χ0v) is 15.3. The van der Waals surface area contributed by atoms with E-state index in [0.717, 1.165) is 10.9 Å². The minimum absolute atomic E-state index is 0.222. The van der Waals surface area contributed by atoms with E-state index in [9.17, 15) is 13.2 Å². The third-order valence-corrected chi connectivity index (χ3v) is 6.43. The summed E-state index contributed by atoms with van der Waals surface area (Å²) in [4.78, 5) is 16.4. The van der Waals surface area contributed by atoms with Crippen molar-refractivity contribution in [3.63, 3.8) is 0 Å². The highest BCUT2D eigenvalue weighted by Crippen LogP contribution is 2.28. The van der Waals surface area contributed by atoms with Gasteiger partial charge in [-0.15, -0.1) is 0 Å². The highest BCUT2D eigenvalue weighted by Gasteiger charge is 2.33. The third-order valence-electron chi connectivity index (χ3n) is 4.50. The van der Waals surface area contributed by atoms with Gasteiger partial charge in [-0.2, -0.15) is 4.31 Å². The number of piperidine rings is 1. The van der Waals surface area contributed by atoms with Crippen molar-refractivity contribution in [3.05, 3.63) is 36.0 Å². The van der Waals surface area contributed by atoms with Gasteiger partial charge < -0.3 is 4.74 Å². The minimum atomic E-state index is -3.64. The number of benzene rings is 1. The Kier molecular flexibility index (Phi) is 5.06. The lowest BCUT2D eigenvalue weighted by Crippen LogP contribution is -2.40. The summed E-state index contributed by atoms with van der Waals surface area (Å²) in [5.41, 5.74) is 1.47. The van der Waals surface area contributed by atoms with Crippen LogP contribution in [0.25, 0.3) is 10.9 Å². The fourth-order valence-corrected chi connectivity index (χ4v) is 4.82. The van der Waals surface area contributed by atoms with E-state index in [1.54, 1.807) is 25.3 Å². The Hall–Kier alpha value is -1.99. The fourth-order valence-electron chi connectivity index (χ4n) is 3.18. The first-order valence-electron chi connectivity index (χ1n) is 8.45. The first kappa shape index (κ1) is 17.8. The number of fused-ring (bicyclic) bond motifs is 1. The summed E-state index contributed by atoms with van der Waals surface area (Å²) in [7, 11) is -3.64. The Morgan fingerprint density at radius 2 is 2.04 bits per heavy atom. The molecule has 1 fully saturated rings. The number of carbonyl (C=O) groups excluding carboxylic acids is 1. The van der Waals surface area contributed by atoms with Crippen LogP contribution >= 0.6 is 0 Å². The molecule has 1 aromatic heterocycles. The van der Waals surface area contributed by atoms with Gasteiger partial charge in [-0.25, -0.2) is 8.42 Å². The number of aryl methyl sites for hydroxylation is 1. The summed E-state index contributed by atoms with van der Waals surface area (Å²) in [6.45, 7) is 4.67. The van der Waals surface area contributed by atoms with Gasteiger partial charge in [0.1, 0.15) is 4.90 Å². The Labute approximate surface area is 147 Å². The molecule has 1 aliphatic heterocycles. The van der Waals surface area contributed by atoms with E-state index < -0.39 is 10.0 Å². The predicted molar refractivity (Wildman–Crippen MR) is 94.6 cm³/mol. The van der Waals surface area contributed by atoms with Crippen LogP contribution in [0.2, 0.25) is 0 Å². The van der Waals surface area contributed by atoms with Gasteiger partial charge in [0.2, 0.25) is 10.0 Å². The molecule has 7 heteroatoms. The number of esters is 1. The maximum atomic E-state index is 13.1. The van der Waals surface area contributed by atoms with Gasteiger partial charge in [-0.1, -0.05) is 12.1 Å². The summed E-state index contributed by atoms with van der Waals surface area (Å²) in [6, 6.07) is 7.12. The molecule has 0 atom stereocenters. The molecule has 25 heavy (non-hydrogen) atoms. The Balaban J connectivity index is 1.85. The molecule has 0 N–H and O–H groups in total. The average Bonchev–Trinajstić information content (AvgIpc) is 2.61. The van der Waals surface area contributed by atoms with E-state index in [4.69, 9.17) is 4.74 Å². The second kappa shape index (κ2) is 7.09. The Bertz CT molecular complexity index is 887. The number of para-hydroxylation sites is 1. The first-order chi connectivity index (χ1) is 11.9. The van der Waals surface area contributed by atoms with E-state index in [1.807, 2.05) is 19.1 Å². The average molecular weight is 362 g/mol. The highest BCUT2D eigenvalue weighted by molar-refractivity contribution is 7.89. The van der Waals surface area contributed by atoms with Crippen LogP contribution in [0.1, 0.15) is 25.3 Å². The number of hydrogen-bond acceptors (Lipinski definition) is 5. The molecule has 0 bridgehead atoms. The van der Waals surface area contributed by atoms with Crippen molar-refractivity contribution >= 4 is 26.9 Å². The van der Waals surface area contributed by atoms with Crippen molar-refractivity contribution in [1.82, 2.24) is 9.29 Å². The number of pyridine rings is 1. The van der Waals surface area contributed by atoms with Crippen molar-refractivity contribution in [2.45, 2.75) is 31.6 Å². The number of ether oxygens (including phenoxy) is 1. The topological polar surface area (TPSA) is 76.6 Å². The molecule has 0 unspecified atom stereocenters. The minimum Gasteiger partial charge on any atom is -0.466 e. The zero-order chi connectivity index (χ0) is 18.0.